The normalized spacial score (nSPS) is 18.6. The van der Waals surface area contributed by atoms with Crippen LogP contribution in [0.4, 0.5) is 0 Å². The van der Waals surface area contributed by atoms with Crippen LogP contribution < -0.4 is 10.6 Å². The zero-order chi connectivity index (χ0) is 11.1. The number of carbonyl (C=O) groups is 1. The monoisotopic (exact) mass is 248 g/mol. The summed E-state index contributed by atoms with van der Waals surface area (Å²) in [7, 11) is 1.92. The topological polar surface area (TPSA) is 41.1 Å². The molecule has 0 saturated heterocycles. The summed E-state index contributed by atoms with van der Waals surface area (Å²) in [5.74, 6) is 0.217. The molecule has 1 aliphatic rings. The number of halogens is 1. The lowest BCUT2D eigenvalue weighted by Crippen LogP contribution is -2.47. The van der Waals surface area contributed by atoms with Crippen molar-refractivity contribution < 1.29 is 4.79 Å². The molecule has 0 aromatic heterocycles. The number of carbonyl (C=O) groups excluding carboxylic acids is 1. The summed E-state index contributed by atoms with van der Waals surface area (Å²) < 4.78 is 0. The first-order valence-electron chi connectivity index (χ1n) is 6.12. The van der Waals surface area contributed by atoms with Gasteiger partial charge >= 0.3 is 0 Å². The van der Waals surface area contributed by atoms with E-state index in [2.05, 4.69) is 17.6 Å². The summed E-state index contributed by atoms with van der Waals surface area (Å²) in [6.07, 6.45) is 7.70. The van der Waals surface area contributed by atoms with Crippen LogP contribution >= 0.6 is 12.4 Å². The van der Waals surface area contributed by atoms with Crippen LogP contribution in [-0.2, 0) is 4.79 Å². The lowest BCUT2D eigenvalue weighted by molar-refractivity contribution is -0.123. The molecular weight excluding hydrogens is 224 g/mol. The molecule has 1 saturated carbocycles. The number of hydrogen-bond acceptors (Lipinski definition) is 2. The first-order valence-corrected chi connectivity index (χ1v) is 6.12. The van der Waals surface area contributed by atoms with Gasteiger partial charge in [0.1, 0.15) is 0 Å². The van der Waals surface area contributed by atoms with Crippen LogP contribution in [0.2, 0.25) is 0 Å². The number of amides is 1. The molecule has 1 fully saturated rings. The smallest absolute Gasteiger partial charge is 0.220 e. The molecule has 0 aromatic carbocycles. The SMILES string of the molecule is CNCCCC(=O)NC1(C)CCCCC1.Cl. The minimum Gasteiger partial charge on any atom is -0.351 e. The molecule has 16 heavy (non-hydrogen) atoms. The molecule has 0 radical (unpaired) electrons. The van der Waals surface area contributed by atoms with Crippen LogP contribution in [0.25, 0.3) is 0 Å². The van der Waals surface area contributed by atoms with Crippen molar-refractivity contribution in [1.82, 2.24) is 10.6 Å². The summed E-state index contributed by atoms with van der Waals surface area (Å²) in [6, 6.07) is 0. The van der Waals surface area contributed by atoms with E-state index in [4.69, 9.17) is 0 Å². The van der Waals surface area contributed by atoms with Gasteiger partial charge in [0.15, 0.2) is 0 Å². The van der Waals surface area contributed by atoms with E-state index in [1.165, 1.54) is 19.3 Å². The van der Waals surface area contributed by atoms with Crippen molar-refractivity contribution in [3.8, 4) is 0 Å². The fourth-order valence-electron chi connectivity index (χ4n) is 2.28. The minimum absolute atomic E-state index is 0. The molecule has 4 heteroatoms. The second kappa shape index (κ2) is 7.91. The maximum atomic E-state index is 11.7. The van der Waals surface area contributed by atoms with E-state index < -0.39 is 0 Å². The van der Waals surface area contributed by atoms with Gasteiger partial charge in [-0.25, -0.2) is 0 Å². The maximum Gasteiger partial charge on any atom is 0.220 e. The Hall–Kier alpha value is -0.280. The van der Waals surface area contributed by atoms with E-state index in [0.717, 1.165) is 25.8 Å². The second-order valence-corrected chi connectivity index (χ2v) is 4.88. The Bertz CT molecular complexity index is 203. The molecule has 0 spiro atoms. The van der Waals surface area contributed by atoms with Gasteiger partial charge in [0.05, 0.1) is 0 Å². The highest BCUT2D eigenvalue weighted by Gasteiger charge is 2.27. The molecule has 0 atom stereocenters. The highest BCUT2D eigenvalue weighted by molar-refractivity contribution is 5.85. The van der Waals surface area contributed by atoms with Crippen molar-refractivity contribution in [3.05, 3.63) is 0 Å². The Morgan fingerprint density at radius 2 is 1.88 bits per heavy atom. The van der Waals surface area contributed by atoms with Crippen molar-refractivity contribution >= 4 is 18.3 Å². The van der Waals surface area contributed by atoms with Gasteiger partial charge in [-0.05, 0) is 39.8 Å². The van der Waals surface area contributed by atoms with Crippen LogP contribution in [0.1, 0.15) is 51.9 Å². The Kier molecular flexibility index (Phi) is 7.77. The van der Waals surface area contributed by atoms with E-state index in [0.29, 0.717) is 6.42 Å². The van der Waals surface area contributed by atoms with E-state index in [1.807, 2.05) is 7.05 Å². The quantitative estimate of drug-likeness (QED) is 0.733. The van der Waals surface area contributed by atoms with Crippen molar-refractivity contribution in [1.29, 1.82) is 0 Å². The van der Waals surface area contributed by atoms with Crippen LogP contribution in [0.3, 0.4) is 0 Å². The van der Waals surface area contributed by atoms with Crippen LogP contribution in [-0.4, -0.2) is 25.0 Å². The highest BCUT2D eigenvalue weighted by atomic mass is 35.5. The molecule has 0 aromatic rings. The van der Waals surface area contributed by atoms with E-state index in [1.54, 1.807) is 0 Å². The average Bonchev–Trinajstić information content (AvgIpc) is 2.18. The number of nitrogens with one attached hydrogen (secondary N) is 2. The summed E-state index contributed by atoms with van der Waals surface area (Å²) >= 11 is 0. The van der Waals surface area contributed by atoms with Gasteiger partial charge in [0.2, 0.25) is 5.91 Å². The van der Waals surface area contributed by atoms with Gasteiger partial charge < -0.3 is 10.6 Å². The van der Waals surface area contributed by atoms with Crippen molar-refractivity contribution in [2.45, 2.75) is 57.4 Å². The van der Waals surface area contributed by atoms with Crippen LogP contribution in [0.5, 0.6) is 0 Å². The molecule has 1 amide bonds. The second-order valence-electron chi connectivity index (χ2n) is 4.88. The summed E-state index contributed by atoms with van der Waals surface area (Å²) in [4.78, 5) is 11.7. The average molecular weight is 249 g/mol. The zero-order valence-corrected chi connectivity index (χ0v) is 11.3. The number of hydrogen-bond donors (Lipinski definition) is 2. The molecule has 3 nitrogen and oxygen atoms in total. The third-order valence-electron chi connectivity index (χ3n) is 3.23. The van der Waals surface area contributed by atoms with Gasteiger partial charge in [-0.1, -0.05) is 19.3 Å². The van der Waals surface area contributed by atoms with Gasteiger partial charge in [-0.15, -0.1) is 12.4 Å². The fourth-order valence-corrected chi connectivity index (χ4v) is 2.28. The highest BCUT2D eigenvalue weighted by Crippen LogP contribution is 2.27. The first kappa shape index (κ1) is 15.7. The van der Waals surface area contributed by atoms with E-state index >= 15 is 0 Å². The first-order chi connectivity index (χ1) is 7.16. The fraction of sp³-hybridized carbons (Fsp3) is 0.917. The lowest BCUT2D eigenvalue weighted by atomic mass is 9.83. The van der Waals surface area contributed by atoms with Crippen LogP contribution in [0.15, 0.2) is 0 Å². The predicted octanol–water partition coefficient (Wildman–Crippen LogP) is 2.25. The van der Waals surface area contributed by atoms with Gasteiger partial charge in [0, 0.05) is 12.0 Å². The molecule has 0 heterocycles. The summed E-state index contributed by atoms with van der Waals surface area (Å²) in [5.41, 5.74) is 0.0783. The molecule has 0 aliphatic heterocycles. The Morgan fingerprint density at radius 1 is 1.25 bits per heavy atom. The third-order valence-corrected chi connectivity index (χ3v) is 3.23. The Morgan fingerprint density at radius 3 is 2.44 bits per heavy atom. The lowest BCUT2D eigenvalue weighted by Gasteiger charge is -2.34. The predicted molar refractivity (Wildman–Crippen MR) is 70.0 cm³/mol. The molecule has 0 unspecified atom stereocenters. The van der Waals surface area contributed by atoms with Gasteiger partial charge in [0.25, 0.3) is 0 Å². The van der Waals surface area contributed by atoms with Crippen molar-refractivity contribution in [2.24, 2.45) is 0 Å². The Balaban J connectivity index is 0.00000225. The van der Waals surface area contributed by atoms with Gasteiger partial charge in [-0.3, -0.25) is 4.79 Å². The molecule has 0 bridgehead atoms. The summed E-state index contributed by atoms with van der Waals surface area (Å²) in [6.45, 7) is 3.10. The molecule has 96 valence electrons. The third kappa shape index (κ3) is 5.71. The minimum atomic E-state index is 0. The van der Waals surface area contributed by atoms with Crippen LogP contribution in [0, 0.1) is 0 Å². The Labute approximate surface area is 105 Å². The molecular formula is C12H25ClN2O. The van der Waals surface area contributed by atoms with E-state index in [9.17, 15) is 4.79 Å². The maximum absolute atomic E-state index is 11.7. The summed E-state index contributed by atoms with van der Waals surface area (Å²) in [5, 5.41) is 6.24. The van der Waals surface area contributed by atoms with Crippen molar-refractivity contribution in [2.75, 3.05) is 13.6 Å². The number of rotatable bonds is 5. The zero-order valence-electron chi connectivity index (χ0n) is 10.5. The van der Waals surface area contributed by atoms with E-state index in [-0.39, 0.29) is 23.9 Å². The molecule has 1 rings (SSSR count). The molecule has 1 aliphatic carbocycles. The standard InChI is InChI=1S/C12H24N2O.ClH/c1-12(8-4-3-5-9-12)14-11(15)7-6-10-13-2;/h13H,3-10H2,1-2H3,(H,14,15);1H. The largest absolute Gasteiger partial charge is 0.351 e. The van der Waals surface area contributed by atoms with Gasteiger partial charge in [-0.2, -0.15) is 0 Å². The van der Waals surface area contributed by atoms with Crippen molar-refractivity contribution in [3.63, 3.8) is 0 Å². The molecule has 2 N–H and O–H groups in total.